The van der Waals surface area contributed by atoms with Crippen LogP contribution in [0.3, 0.4) is 0 Å². The van der Waals surface area contributed by atoms with Gasteiger partial charge < -0.3 is 0 Å². The molecule has 0 heterocycles. The van der Waals surface area contributed by atoms with Crippen LogP contribution in [0.1, 0.15) is 19.8 Å². The van der Waals surface area contributed by atoms with Gasteiger partial charge in [-0.25, -0.2) is 4.39 Å². The summed E-state index contributed by atoms with van der Waals surface area (Å²) in [6.45, 7) is 5.03. The smallest absolute Gasteiger partial charge is 0.0976 e. The van der Waals surface area contributed by atoms with E-state index < -0.39 is 6.17 Å². The minimum absolute atomic E-state index is 0.615. The number of halogens is 1. The van der Waals surface area contributed by atoms with E-state index in [0.717, 1.165) is 6.42 Å². The Morgan fingerprint density at radius 3 is 2.57 bits per heavy atom. The molecule has 7 heavy (non-hydrogen) atoms. The van der Waals surface area contributed by atoms with Crippen LogP contribution in [0.4, 0.5) is 4.39 Å². The molecule has 0 saturated carbocycles. The van der Waals surface area contributed by atoms with Gasteiger partial charge in [0.15, 0.2) is 0 Å². The molecule has 0 aromatic heterocycles. The van der Waals surface area contributed by atoms with Gasteiger partial charge >= 0.3 is 0 Å². The van der Waals surface area contributed by atoms with Crippen molar-refractivity contribution in [1.82, 2.24) is 0 Å². The SMILES string of the molecule is C=CCC[C@@H](C)F. The summed E-state index contributed by atoms with van der Waals surface area (Å²) in [4.78, 5) is 0. The highest BCUT2D eigenvalue weighted by atomic mass is 19.1. The predicted molar refractivity (Wildman–Crippen MR) is 30.0 cm³/mol. The Balaban J connectivity index is 2.81. The van der Waals surface area contributed by atoms with Gasteiger partial charge in [-0.15, -0.1) is 6.58 Å². The Kier molecular flexibility index (Phi) is 3.67. The normalized spacial score (nSPS) is 13.4. The summed E-state index contributed by atoms with van der Waals surface area (Å²) in [5.74, 6) is 0. The quantitative estimate of drug-likeness (QED) is 0.480. The van der Waals surface area contributed by atoms with Gasteiger partial charge in [0.25, 0.3) is 0 Å². The number of hydrogen-bond acceptors (Lipinski definition) is 0. The summed E-state index contributed by atoms with van der Waals surface area (Å²) < 4.78 is 11.8. The lowest BCUT2D eigenvalue weighted by molar-refractivity contribution is 0.343. The maximum Gasteiger partial charge on any atom is 0.0976 e. The molecule has 0 nitrogen and oxygen atoms in total. The van der Waals surface area contributed by atoms with Crippen molar-refractivity contribution in [2.24, 2.45) is 0 Å². The minimum Gasteiger partial charge on any atom is -0.248 e. The zero-order chi connectivity index (χ0) is 5.70. The first-order chi connectivity index (χ1) is 3.27. The summed E-state index contributed by atoms with van der Waals surface area (Å²) in [7, 11) is 0. The zero-order valence-corrected chi connectivity index (χ0v) is 4.65. The van der Waals surface area contributed by atoms with Crippen LogP contribution in [0, 0.1) is 0 Å². The van der Waals surface area contributed by atoms with Crippen LogP contribution in [-0.2, 0) is 0 Å². The lowest BCUT2D eigenvalue weighted by atomic mass is 10.2. The zero-order valence-electron chi connectivity index (χ0n) is 4.65. The Morgan fingerprint density at radius 1 is 1.86 bits per heavy atom. The first kappa shape index (κ1) is 6.67. The van der Waals surface area contributed by atoms with E-state index in [-0.39, 0.29) is 0 Å². The minimum atomic E-state index is -0.669. The van der Waals surface area contributed by atoms with E-state index in [2.05, 4.69) is 6.58 Å². The number of rotatable bonds is 3. The molecule has 0 N–H and O–H groups in total. The summed E-state index contributed by atoms with van der Waals surface area (Å²) >= 11 is 0. The maximum atomic E-state index is 11.8. The van der Waals surface area contributed by atoms with Crippen molar-refractivity contribution in [3.63, 3.8) is 0 Å². The molecule has 0 unspecified atom stereocenters. The van der Waals surface area contributed by atoms with Crippen LogP contribution < -0.4 is 0 Å². The Hall–Kier alpha value is -0.330. The van der Waals surface area contributed by atoms with Crippen LogP contribution >= 0.6 is 0 Å². The monoisotopic (exact) mass is 102 g/mol. The van der Waals surface area contributed by atoms with E-state index in [1.165, 1.54) is 0 Å². The van der Waals surface area contributed by atoms with E-state index >= 15 is 0 Å². The predicted octanol–water partition coefficient (Wildman–Crippen LogP) is 2.31. The van der Waals surface area contributed by atoms with Crippen molar-refractivity contribution in [1.29, 1.82) is 0 Å². The van der Waals surface area contributed by atoms with E-state index in [1.54, 1.807) is 13.0 Å². The van der Waals surface area contributed by atoms with Crippen LogP contribution in [0.2, 0.25) is 0 Å². The van der Waals surface area contributed by atoms with Crippen LogP contribution in [-0.4, -0.2) is 6.17 Å². The highest BCUT2D eigenvalue weighted by Crippen LogP contribution is 1.98. The van der Waals surface area contributed by atoms with Crippen molar-refractivity contribution < 1.29 is 4.39 Å². The van der Waals surface area contributed by atoms with Crippen LogP contribution in [0.15, 0.2) is 12.7 Å². The molecular weight excluding hydrogens is 91.1 g/mol. The summed E-state index contributed by atoms with van der Waals surface area (Å²) in [6.07, 6.45) is 2.47. The molecule has 0 saturated heterocycles. The molecule has 0 aliphatic rings. The average molecular weight is 102 g/mol. The molecule has 0 spiro atoms. The standard InChI is InChI=1S/C6H11F/c1-3-4-5-6(2)7/h3,6H,1,4-5H2,2H3/t6-/m1/s1. The van der Waals surface area contributed by atoms with Gasteiger partial charge in [0.05, 0.1) is 6.17 Å². The molecule has 0 bridgehead atoms. The van der Waals surface area contributed by atoms with E-state index in [0.29, 0.717) is 6.42 Å². The Morgan fingerprint density at radius 2 is 2.43 bits per heavy atom. The fourth-order valence-electron chi connectivity index (χ4n) is 0.348. The molecule has 0 fully saturated rings. The largest absolute Gasteiger partial charge is 0.248 e. The van der Waals surface area contributed by atoms with Gasteiger partial charge in [-0.1, -0.05) is 6.08 Å². The highest BCUT2D eigenvalue weighted by Gasteiger charge is 1.91. The van der Waals surface area contributed by atoms with Gasteiger partial charge in [0.2, 0.25) is 0 Å². The molecule has 0 radical (unpaired) electrons. The Labute approximate surface area is 44.0 Å². The number of allylic oxidation sites excluding steroid dienone is 1. The third kappa shape index (κ3) is 5.67. The fraction of sp³-hybridized carbons (Fsp3) is 0.667. The van der Waals surface area contributed by atoms with E-state index in [4.69, 9.17) is 0 Å². The molecule has 0 aromatic carbocycles. The summed E-state index contributed by atoms with van der Waals surface area (Å²) in [6, 6.07) is 0. The summed E-state index contributed by atoms with van der Waals surface area (Å²) in [5.41, 5.74) is 0. The van der Waals surface area contributed by atoms with Crippen molar-refractivity contribution >= 4 is 0 Å². The van der Waals surface area contributed by atoms with E-state index in [9.17, 15) is 4.39 Å². The highest BCUT2D eigenvalue weighted by molar-refractivity contribution is 4.67. The third-order valence-corrected chi connectivity index (χ3v) is 0.769. The number of hydrogen-bond donors (Lipinski definition) is 0. The maximum absolute atomic E-state index is 11.8. The van der Waals surface area contributed by atoms with Crippen molar-refractivity contribution in [3.8, 4) is 0 Å². The van der Waals surface area contributed by atoms with Gasteiger partial charge in [0.1, 0.15) is 0 Å². The number of alkyl halides is 1. The summed E-state index contributed by atoms with van der Waals surface area (Å²) in [5, 5.41) is 0. The second-order valence-corrected chi connectivity index (χ2v) is 1.65. The molecule has 1 heteroatoms. The molecule has 42 valence electrons. The van der Waals surface area contributed by atoms with E-state index in [1.807, 2.05) is 0 Å². The molecule has 0 aliphatic carbocycles. The molecule has 0 rings (SSSR count). The van der Waals surface area contributed by atoms with Crippen molar-refractivity contribution in [2.45, 2.75) is 25.9 Å². The first-order valence-corrected chi connectivity index (χ1v) is 2.52. The third-order valence-electron chi connectivity index (χ3n) is 0.769. The molecule has 0 aromatic rings. The van der Waals surface area contributed by atoms with Gasteiger partial charge in [-0.3, -0.25) is 0 Å². The Bertz CT molecular complexity index is 48.1. The second-order valence-electron chi connectivity index (χ2n) is 1.65. The lowest BCUT2D eigenvalue weighted by Gasteiger charge is -1.93. The van der Waals surface area contributed by atoms with Crippen LogP contribution in [0.5, 0.6) is 0 Å². The van der Waals surface area contributed by atoms with Crippen molar-refractivity contribution in [2.75, 3.05) is 0 Å². The average Bonchev–Trinajstić information content (AvgIpc) is 1.61. The van der Waals surface area contributed by atoms with Gasteiger partial charge in [-0.05, 0) is 19.8 Å². The fourth-order valence-corrected chi connectivity index (χ4v) is 0.348. The van der Waals surface area contributed by atoms with Crippen LogP contribution in [0.25, 0.3) is 0 Å². The van der Waals surface area contributed by atoms with Gasteiger partial charge in [-0.2, -0.15) is 0 Å². The molecule has 1 atom stereocenters. The lowest BCUT2D eigenvalue weighted by Crippen LogP contribution is -1.88. The molecule has 0 aliphatic heterocycles. The first-order valence-electron chi connectivity index (χ1n) is 2.52. The van der Waals surface area contributed by atoms with Gasteiger partial charge in [0, 0.05) is 0 Å². The molecule has 0 amide bonds. The topological polar surface area (TPSA) is 0 Å². The second kappa shape index (κ2) is 3.85. The van der Waals surface area contributed by atoms with Crippen molar-refractivity contribution in [3.05, 3.63) is 12.7 Å². The molecular formula is C6H11F.